The summed E-state index contributed by atoms with van der Waals surface area (Å²) in [5.41, 5.74) is 0. The molecule has 110 valence electrons. The highest BCUT2D eigenvalue weighted by Gasteiger charge is 2.42. The van der Waals surface area contributed by atoms with E-state index in [1.165, 1.54) is 15.9 Å². The van der Waals surface area contributed by atoms with E-state index in [2.05, 4.69) is 103 Å². The van der Waals surface area contributed by atoms with Crippen LogP contribution in [0.15, 0.2) is 103 Å². The Morgan fingerprint density at radius 3 is 1.05 bits per heavy atom. The minimum Gasteiger partial charge on any atom is -1.00 e. The first kappa shape index (κ1) is 16.7. The Bertz CT molecular complexity index is 612. The number of hydrogen-bond acceptors (Lipinski definition) is 0. The van der Waals surface area contributed by atoms with E-state index < -0.39 is 7.26 Å². The van der Waals surface area contributed by atoms with Crippen molar-refractivity contribution in [2.24, 2.45) is 0 Å². The molecular weight excluding hydrogens is 351 g/mol. The van der Waals surface area contributed by atoms with Crippen molar-refractivity contribution in [3.63, 3.8) is 0 Å². The van der Waals surface area contributed by atoms with Gasteiger partial charge in [0.05, 0.1) is 5.82 Å². The van der Waals surface area contributed by atoms with Crippen molar-refractivity contribution in [2.75, 3.05) is 0 Å². The van der Waals surface area contributed by atoms with Crippen molar-refractivity contribution in [2.45, 2.75) is 0 Å². The molecule has 3 rings (SSSR count). The van der Waals surface area contributed by atoms with E-state index >= 15 is 0 Å². The molecule has 0 fully saturated rings. The molecule has 0 bridgehead atoms. The molecule has 0 saturated carbocycles. The predicted molar refractivity (Wildman–Crippen MR) is 95.3 cm³/mol. The van der Waals surface area contributed by atoms with Crippen LogP contribution in [0.4, 0.5) is 0 Å². The van der Waals surface area contributed by atoms with Crippen molar-refractivity contribution < 1.29 is 17.0 Å². The fourth-order valence-corrected chi connectivity index (χ4v) is 6.21. The molecule has 0 saturated heterocycles. The fraction of sp³-hybridized carbons (Fsp3) is 0. The Morgan fingerprint density at radius 2 is 0.818 bits per heavy atom. The molecule has 0 N–H and O–H groups in total. The summed E-state index contributed by atoms with van der Waals surface area (Å²) >= 11 is 0. The minimum absolute atomic E-state index is 0. The minimum atomic E-state index is -1.77. The molecule has 0 aromatic heterocycles. The molecule has 0 amide bonds. The predicted octanol–water partition coefficient (Wildman–Crippen LogP) is 1.13. The highest BCUT2D eigenvalue weighted by atomic mass is 79.9. The van der Waals surface area contributed by atoms with Crippen LogP contribution in [0.1, 0.15) is 0 Å². The van der Waals surface area contributed by atoms with Gasteiger partial charge < -0.3 is 17.0 Å². The molecule has 0 aliphatic carbocycles. The monoisotopic (exact) mass is 368 g/mol. The van der Waals surface area contributed by atoms with Crippen LogP contribution in [0.5, 0.6) is 0 Å². The number of benzene rings is 3. The van der Waals surface area contributed by atoms with Gasteiger partial charge in [-0.3, -0.25) is 0 Å². The highest BCUT2D eigenvalue weighted by Crippen LogP contribution is 2.56. The zero-order valence-corrected chi connectivity index (χ0v) is 14.8. The van der Waals surface area contributed by atoms with Crippen LogP contribution in [-0.2, 0) is 0 Å². The lowest BCUT2D eigenvalue weighted by atomic mass is 10.4. The van der Waals surface area contributed by atoms with Crippen LogP contribution in [-0.4, -0.2) is 0 Å². The maximum atomic E-state index is 4.21. The molecule has 3 aromatic carbocycles. The van der Waals surface area contributed by atoms with Gasteiger partial charge >= 0.3 is 0 Å². The lowest BCUT2D eigenvalue weighted by Gasteiger charge is -2.23. The Labute approximate surface area is 143 Å². The first-order valence-electron chi connectivity index (χ1n) is 7.07. The summed E-state index contributed by atoms with van der Waals surface area (Å²) in [5.74, 6) is 2.16. The van der Waals surface area contributed by atoms with Crippen molar-refractivity contribution in [1.29, 1.82) is 0 Å². The van der Waals surface area contributed by atoms with Crippen LogP contribution >= 0.6 is 7.26 Å². The average molecular weight is 369 g/mol. The van der Waals surface area contributed by atoms with Gasteiger partial charge in [-0.25, -0.2) is 0 Å². The zero-order valence-electron chi connectivity index (χ0n) is 12.3. The number of hydrogen-bond donors (Lipinski definition) is 0. The molecular formula is C20H18BrP. The van der Waals surface area contributed by atoms with E-state index in [1.54, 1.807) is 0 Å². The summed E-state index contributed by atoms with van der Waals surface area (Å²) < 4.78 is 0. The third-order valence-electron chi connectivity index (χ3n) is 3.76. The number of rotatable bonds is 4. The topological polar surface area (TPSA) is 0 Å². The molecule has 3 aromatic rings. The van der Waals surface area contributed by atoms with Crippen LogP contribution < -0.4 is 32.9 Å². The lowest BCUT2D eigenvalue weighted by molar-refractivity contribution is -0.00000402. The van der Waals surface area contributed by atoms with Crippen LogP contribution in [0.25, 0.3) is 0 Å². The standard InChI is InChI=1S/C20H18P.BrH/c1-2-21(18-12-6-3-7-13-18,19-14-8-4-9-15-19)20-16-10-5-11-17-20;/h2-17H,1H2;1H/q+1;/p-1. The summed E-state index contributed by atoms with van der Waals surface area (Å²) in [7, 11) is -1.77. The molecule has 0 atom stereocenters. The third-order valence-corrected chi connectivity index (χ3v) is 7.65. The Morgan fingerprint density at radius 1 is 0.545 bits per heavy atom. The second-order valence-corrected chi connectivity index (χ2v) is 8.27. The van der Waals surface area contributed by atoms with Crippen molar-refractivity contribution >= 4 is 23.2 Å². The Kier molecular flexibility index (Phi) is 5.71. The smallest absolute Gasteiger partial charge is 0.136 e. The van der Waals surface area contributed by atoms with Gasteiger partial charge in [0.1, 0.15) is 23.2 Å². The van der Waals surface area contributed by atoms with Gasteiger partial charge in [0, 0.05) is 0 Å². The van der Waals surface area contributed by atoms with E-state index in [4.69, 9.17) is 0 Å². The average Bonchev–Trinajstić information content (AvgIpc) is 2.59. The van der Waals surface area contributed by atoms with E-state index in [9.17, 15) is 0 Å². The third kappa shape index (κ3) is 2.92. The van der Waals surface area contributed by atoms with E-state index in [0.29, 0.717) is 0 Å². The van der Waals surface area contributed by atoms with Crippen molar-refractivity contribution in [3.05, 3.63) is 103 Å². The second kappa shape index (κ2) is 7.54. The Balaban J connectivity index is 0.00000176. The molecule has 0 unspecified atom stereocenters. The zero-order chi connectivity index (χ0) is 14.5. The van der Waals surface area contributed by atoms with Crippen LogP contribution in [0, 0.1) is 0 Å². The van der Waals surface area contributed by atoms with E-state index in [1.807, 2.05) is 0 Å². The molecule has 22 heavy (non-hydrogen) atoms. The first-order valence-corrected chi connectivity index (χ1v) is 8.93. The van der Waals surface area contributed by atoms with Gasteiger partial charge in [-0.1, -0.05) is 61.2 Å². The van der Waals surface area contributed by atoms with Gasteiger partial charge in [0.25, 0.3) is 0 Å². The fourth-order valence-electron chi connectivity index (χ4n) is 2.75. The summed E-state index contributed by atoms with van der Waals surface area (Å²) in [6.45, 7) is 4.21. The molecule has 0 radical (unpaired) electrons. The summed E-state index contributed by atoms with van der Waals surface area (Å²) in [6, 6.07) is 32.2. The van der Waals surface area contributed by atoms with E-state index in [0.717, 1.165) is 0 Å². The normalized spacial score (nSPS) is 10.5. The molecule has 0 nitrogen and oxygen atoms in total. The highest BCUT2D eigenvalue weighted by molar-refractivity contribution is 7.98. The molecule has 0 heterocycles. The molecule has 2 heteroatoms. The van der Waals surface area contributed by atoms with Crippen molar-refractivity contribution in [1.82, 2.24) is 0 Å². The van der Waals surface area contributed by atoms with Gasteiger partial charge in [-0.2, -0.15) is 0 Å². The lowest BCUT2D eigenvalue weighted by Crippen LogP contribution is -3.00. The largest absolute Gasteiger partial charge is 1.00 e. The summed E-state index contributed by atoms with van der Waals surface area (Å²) in [5, 5.41) is 4.03. The van der Waals surface area contributed by atoms with Gasteiger partial charge in [-0.05, 0) is 36.4 Å². The van der Waals surface area contributed by atoms with Gasteiger partial charge in [-0.15, -0.1) is 0 Å². The summed E-state index contributed by atoms with van der Waals surface area (Å²) in [4.78, 5) is 0. The SMILES string of the molecule is C=C[P+](c1ccccc1)(c1ccccc1)c1ccccc1.[Br-]. The first-order chi connectivity index (χ1) is 10.4. The summed E-state index contributed by atoms with van der Waals surface area (Å²) in [6.07, 6.45) is 0. The van der Waals surface area contributed by atoms with Crippen LogP contribution in [0.3, 0.4) is 0 Å². The second-order valence-electron chi connectivity index (χ2n) is 4.91. The molecule has 0 spiro atoms. The molecule has 0 aliphatic rings. The van der Waals surface area contributed by atoms with Crippen molar-refractivity contribution in [3.8, 4) is 0 Å². The number of halogens is 1. The van der Waals surface area contributed by atoms with E-state index in [-0.39, 0.29) is 17.0 Å². The maximum absolute atomic E-state index is 4.21. The molecule has 0 aliphatic heterocycles. The van der Waals surface area contributed by atoms with Crippen LogP contribution in [0.2, 0.25) is 0 Å². The quantitative estimate of drug-likeness (QED) is 0.605. The van der Waals surface area contributed by atoms with Gasteiger partial charge in [0.2, 0.25) is 0 Å². The van der Waals surface area contributed by atoms with Gasteiger partial charge in [0.15, 0.2) is 0 Å². The maximum Gasteiger partial charge on any atom is 0.136 e. The Hall–Kier alpha value is -1.69.